The lowest BCUT2D eigenvalue weighted by molar-refractivity contribution is -0.384. The van der Waals surface area contributed by atoms with E-state index in [2.05, 4.69) is 5.32 Å². The number of benzene rings is 2. The minimum Gasteiger partial charge on any atom is -0.452 e. The third kappa shape index (κ3) is 6.06. The molecule has 0 radical (unpaired) electrons. The van der Waals surface area contributed by atoms with Gasteiger partial charge in [-0.1, -0.05) is 12.1 Å². The maximum atomic E-state index is 11.7. The summed E-state index contributed by atoms with van der Waals surface area (Å²) in [7, 11) is 0. The average molecular weight is 372 g/mol. The third-order valence-corrected chi connectivity index (χ3v) is 3.98. The van der Waals surface area contributed by atoms with Crippen LogP contribution >= 0.6 is 11.8 Å². The topological polar surface area (TPSA) is 98.5 Å². The first kappa shape index (κ1) is 19.2. The van der Waals surface area contributed by atoms with E-state index in [9.17, 15) is 19.7 Å². The lowest BCUT2D eigenvalue weighted by atomic mass is 10.2. The number of nitrogens with one attached hydrogen (secondary N) is 1. The number of nitro benzene ring substituents is 1. The molecule has 0 aliphatic heterocycles. The molecule has 1 N–H and O–H groups in total. The van der Waals surface area contributed by atoms with Crippen molar-refractivity contribution in [3.63, 3.8) is 0 Å². The van der Waals surface area contributed by atoms with Crippen molar-refractivity contribution in [2.75, 3.05) is 18.2 Å². The number of non-ortho nitro benzene ring substituents is 1. The van der Waals surface area contributed by atoms with Crippen LogP contribution in [-0.2, 0) is 14.3 Å². The molecule has 2 rings (SSSR count). The highest BCUT2D eigenvalue weighted by atomic mass is 32.2. The van der Waals surface area contributed by atoms with Gasteiger partial charge >= 0.3 is 5.97 Å². The number of carbonyl (C=O) groups is 2. The maximum absolute atomic E-state index is 11.7. The summed E-state index contributed by atoms with van der Waals surface area (Å²) in [6.45, 7) is -0.453. The Hall–Kier alpha value is -3.13. The van der Waals surface area contributed by atoms with Crippen molar-refractivity contribution in [1.29, 1.82) is 0 Å². The number of anilines is 1. The van der Waals surface area contributed by atoms with Crippen LogP contribution in [0.5, 0.6) is 0 Å². The van der Waals surface area contributed by atoms with Crippen molar-refractivity contribution in [3.8, 4) is 0 Å². The summed E-state index contributed by atoms with van der Waals surface area (Å²) in [5, 5.41) is 13.0. The first-order valence-electron chi connectivity index (χ1n) is 7.51. The van der Waals surface area contributed by atoms with Gasteiger partial charge in [-0.15, -0.1) is 11.8 Å². The Labute approximate surface area is 154 Å². The van der Waals surface area contributed by atoms with Crippen LogP contribution in [0.15, 0.2) is 59.5 Å². The molecule has 0 unspecified atom stereocenters. The number of rotatable bonds is 7. The lowest BCUT2D eigenvalue weighted by Gasteiger charge is -2.05. The summed E-state index contributed by atoms with van der Waals surface area (Å²) in [5.41, 5.74) is 1.14. The lowest BCUT2D eigenvalue weighted by Crippen LogP contribution is -2.20. The number of thioether (sulfide) groups is 1. The monoisotopic (exact) mass is 372 g/mol. The first-order valence-corrected chi connectivity index (χ1v) is 8.73. The zero-order valence-corrected chi connectivity index (χ0v) is 14.7. The number of hydrogen-bond donors (Lipinski definition) is 1. The van der Waals surface area contributed by atoms with E-state index < -0.39 is 23.4 Å². The van der Waals surface area contributed by atoms with Gasteiger partial charge in [0.15, 0.2) is 6.61 Å². The molecule has 0 heterocycles. The van der Waals surface area contributed by atoms with Gasteiger partial charge in [0.25, 0.3) is 11.6 Å². The SMILES string of the molecule is CSc1ccc(/C=C/C(=O)OCC(=O)Nc2ccc([N+](=O)[O-])cc2)cc1. The smallest absolute Gasteiger partial charge is 0.331 e. The zero-order valence-electron chi connectivity index (χ0n) is 13.9. The van der Waals surface area contributed by atoms with Crippen LogP contribution in [0, 0.1) is 10.1 Å². The maximum Gasteiger partial charge on any atom is 0.331 e. The van der Waals surface area contributed by atoms with Crippen molar-refractivity contribution >= 4 is 41.1 Å². The van der Waals surface area contributed by atoms with E-state index in [1.165, 1.54) is 30.3 Å². The van der Waals surface area contributed by atoms with E-state index in [4.69, 9.17) is 4.74 Å². The molecular weight excluding hydrogens is 356 g/mol. The molecule has 0 aromatic heterocycles. The second kappa shape index (κ2) is 9.38. The quantitative estimate of drug-likeness (QED) is 0.263. The van der Waals surface area contributed by atoms with E-state index in [1.54, 1.807) is 17.8 Å². The van der Waals surface area contributed by atoms with Gasteiger partial charge in [-0.05, 0) is 42.2 Å². The van der Waals surface area contributed by atoms with E-state index in [-0.39, 0.29) is 5.69 Å². The Morgan fingerprint density at radius 1 is 1.15 bits per heavy atom. The molecule has 0 spiro atoms. The molecule has 8 heteroatoms. The molecule has 1 amide bonds. The number of ether oxygens (including phenoxy) is 1. The van der Waals surface area contributed by atoms with E-state index in [1.807, 2.05) is 30.5 Å². The molecule has 0 fully saturated rings. The van der Waals surface area contributed by atoms with Gasteiger partial charge in [-0.25, -0.2) is 4.79 Å². The Morgan fingerprint density at radius 3 is 2.38 bits per heavy atom. The van der Waals surface area contributed by atoms with Crippen LogP contribution in [0.3, 0.4) is 0 Å². The molecule has 134 valence electrons. The highest BCUT2D eigenvalue weighted by Gasteiger charge is 2.08. The van der Waals surface area contributed by atoms with Crippen molar-refractivity contribution in [3.05, 3.63) is 70.3 Å². The van der Waals surface area contributed by atoms with Crippen LogP contribution in [0.2, 0.25) is 0 Å². The highest BCUT2D eigenvalue weighted by molar-refractivity contribution is 7.98. The second-order valence-electron chi connectivity index (χ2n) is 5.07. The number of esters is 1. The minimum atomic E-state index is -0.641. The highest BCUT2D eigenvalue weighted by Crippen LogP contribution is 2.16. The average Bonchev–Trinajstić information content (AvgIpc) is 2.65. The summed E-state index contributed by atoms with van der Waals surface area (Å²) in [6.07, 6.45) is 4.82. The molecule has 0 atom stereocenters. The fraction of sp³-hybridized carbons (Fsp3) is 0.111. The fourth-order valence-corrected chi connectivity index (χ4v) is 2.34. The van der Waals surface area contributed by atoms with Gasteiger partial charge in [0.05, 0.1) is 4.92 Å². The molecule has 0 aliphatic carbocycles. The third-order valence-electron chi connectivity index (χ3n) is 3.24. The number of nitrogens with zero attached hydrogens (tertiary/aromatic N) is 1. The van der Waals surface area contributed by atoms with Crippen molar-refractivity contribution in [2.45, 2.75) is 4.90 Å². The van der Waals surface area contributed by atoms with Crippen molar-refractivity contribution < 1.29 is 19.2 Å². The van der Waals surface area contributed by atoms with Crippen LogP contribution in [0.1, 0.15) is 5.56 Å². The fourth-order valence-electron chi connectivity index (χ4n) is 1.93. The molecule has 2 aromatic rings. The zero-order chi connectivity index (χ0) is 18.9. The van der Waals surface area contributed by atoms with Gasteiger partial charge in [0, 0.05) is 28.8 Å². The summed E-state index contributed by atoms with van der Waals surface area (Å²) in [5.74, 6) is -1.18. The van der Waals surface area contributed by atoms with Crippen LogP contribution < -0.4 is 5.32 Å². The van der Waals surface area contributed by atoms with E-state index in [0.29, 0.717) is 5.69 Å². The van der Waals surface area contributed by atoms with Gasteiger partial charge < -0.3 is 10.1 Å². The molecule has 2 aromatic carbocycles. The van der Waals surface area contributed by atoms with Gasteiger partial charge in [0.2, 0.25) is 0 Å². The van der Waals surface area contributed by atoms with Crippen LogP contribution in [-0.4, -0.2) is 29.7 Å². The van der Waals surface area contributed by atoms with Crippen molar-refractivity contribution in [1.82, 2.24) is 0 Å². The summed E-state index contributed by atoms with van der Waals surface area (Å²) >= 11 is 1.62. The summed E-state index contributed by atoms with van der Waals surface area (Å²) in [6, 6.07) is 13.0. The number of hydrogen-bond acceptors (Lipinski definition) is 6. The molecule has 7 nitrogen and oxygen atoms in total. The van der Waals surface area contributed by atoms with Gasteiger partial charge in [0.1, 0.15) is 0 Å². The molecule has 0 saturated carbocycles. The van der Waals surface area contributed by atoms with Crippen LogP contribution in [0.4, 0.5) is 11.4 Å². The summed E-state index contributed by atoms with van der Waals surface area (Å²) < 4.78 is 4.85. The molecule has 0 saturated heterocycles. The summed E-state index contributed by atoms with van der Waals surface area (Å²) in [4.78, 5) is 34.5. The van der Waals surface area contributed by atoms with Crippen molar-refractivity contribution in [2.24, 2.45) is 0 Å². The predicted molar refractivity (Wildman–Crippen MR) is 99.9 cm³/mol. The second-order valence-corrected chi connectivity index (χ2v) is 5.95. The Balaban J connectivity index is 1.79. The predicted octanol–water partition coefficient (Wildman–Crippen LogP) is 3.51. The van der Waals surface area contributed by atoms with E-state index >= 15 is 0 Å². The molecular formula is C18H16N2O5S. The Kier molecular flexibility index (Phi) is 6.92. The largest absolute Gasteiger partial charge is 0.452 e. The van der Waals surface area contributed by atoms with Gasteiger partial charge in [-0.2, -0.15) is 0 Å². The molecule has 0 bridgehead atoms. The minimum absolute atomic E-state index is 0.0786. The van der Waals surface area contributed by atoms with Gasteiger partial charge in [-0.3, -0.25) is 14.9 Å². The number of amides is 1. The van der Waals surface area contributed by atoms with E-state index in [0.717, 1.165) is 10.5 Å². The van der Waals surface area contributed by atoms with Crippen LogP contribution in [0.25, 0.3) is 6.08 Å². The molecule has 0 aliphatic rings. The Bertz CT molecular complexity index is 816. The standard InChI is InChI=1S/C18H16N2O5S/c1-26-16-9-2-13(3-10-16)4-11-18(22)25-12-17(21)19-14-5-7-15(8-6-14)20(23)24/h2-11H,12H2,1H3,(H,19,21)/b11-4+. The first-order chi connectivity index (χ1) is 12.5. The number of nitro groups is 1. The normalized spacial score (nSPS) is 10.5. The Morgan fingerprint density at radius 2 is 1.81 bits per heavy atom. The number of carbonyl (C=O) groups excluding carboxylic acids is 2. The molecule has 26 heavy (non-hydrogen) atoms.